The van der Waals surface area contributed by atoms with Gasteiger partial charge in [-0.05, 0) is 0 Å². The molecule has 0 spiro atoms. The fraction of sp³-hybridized carbons (Fsp3) is 0.333. The van der Waals surface area contributed by atoms with Crippen LogP contribution in [-0.2, 0) is 35.0 Å². The van der Waals surface area contributed by atoms with Crippen molar-refractivity contribution in [2.24, 2.45) is 0 Å². The Morgan fingerprint density at radius 1 is 0.625 bits per heavy atom. The Labute approximate surface area is 110 Å². The molecular weight excluding hydrogens is 382 g/mol. The maximum atomic E-state index is 7.50. The molecule has 0 fully saturated rings. The van der Waals surface area contributed by atoms with Gasteiger partial charge < -0.3 is 0 Å². The number of hydrogen-bond acceptors (Lipinski definition) is 3. The average Bonchev–Trinajstić information content (AvgIpc) is 2.29. The van der Waals surface area contributed by atoms with E-state index in [1.807, 2.05) is 0 Å². The summed E-state index contributed by atoms with van der Waals surface area (Å²) < 4.78 is 22.5. The average molecular weight is 391 g/mol. The van der Waals surface area contributed by atoms with Crippen LogP contribution in [0.25, 0.3) is 0 Å². The zero-order chi connectivity index (χ0) is 14.1. The molecule has 0 saturated carbocycles. The molecule has 0 aromatic rings. The van der Waals surface area contributed by atoms with E-state index in [1.165, 1.54) is 20.8 Å². The molecule has 0 bridgehead atoms. The van der Waals surface area contributed by atoms with Gasteiger partial charge in [-0.3, -0.25) is 0 Å². The second-order valence-corrected chi connectivity index (χ2v) is 0.671. The molecule has 7 heteroatoms. The van der Waals surface area contributed by atoms with Crippen molar-refractivity contribution < 1.29 is 35.0 Å². The van der Waals surface area contributed by atoms with Crippen molar-refractivity contribution in [3.63, 3.8) is 0 Å². The van der Waals surface area contributed by atoms with E-state index < -0.39 is 0 Å². The number of nitrogens with zero attached hydrogens (tertiary/aromatic N) is 3. The molecular formula is C9H9N3O3W. The third-order valence-electron chi connectivity index (χ3n) is 0. The smallest absolute Gasteiger partial charge is 0 e. The third-order valence-corrected chi connectivity index (χ3v) is 0. The fourth-order valence-electron chi connectivity index (χ4n) is 0. The Kier molecular flexibility index (Phi) is 3190. The van der Waals surface area contributed by atoms with Gasteiger partial charge in [-0.2, -0.15) is 15.8 Å². The Morgan fingerprint density at radius 3 is 0.625 bits per heavy atom. The first kappa shape index (κ1) is 47.3. The van der Waals surface area contributed by atoms with Gasteiger partial charge in [0, 0.05) is 41.8 Å². The van der Waals surface area contributed by atoms with Crippen LogP contribution in [0.3, 0.4) is 0 Å². The van der Waals surface area contributed by atoms with E-state index >= 15 is 0 Å². The monoisotopic (exact) mass is 391 g/mol. The Bertz CT molecular complexity index is 197. The van der Waals surface area contributed by atoms with E-state index in [2.05, 4.69) is 20.0 Å². The minimum absolute atomic E-state index is 0. The van der Waals surface area contributed by atoms with Crippen molar-refractivity contribution in [1.29, 1.82) is 15.8 Å². The minimum Gasteiger partial charge on any atom is 0 e. The van der Waals surface area contributed by atoms with Crippen LogP contribution in [0.1, 0.15) is 20.8 Å². The van der Waals surface area contributed by atoms with E-state index in [1.54, 1.807) is 18.2 Å². The maximum absolute atomic E-state index is 7.50. The van der Waals surface area contributed by atoms with Crippen molar-refractivity contribution in [2.75, 3.05) is 0 Å². The van der Waals surface area contributed by atoms with Crippen LogP contribution in [0.2, 0.25) is 0 Å². The molecule has 0 aliphatic heterocycles. The van der Waals surface area contributed by atoms with Crippen LogP contribution in [0, 0.1) is 53.9 Å². The van der Waals surface area contributed by atoms with Crippen molar-refractivity contribution in [2.45, 2.75) is 20.8 Å². The second kappa shape index (κ2) is 1080. The van der Waals surface area contributed by atoms with Crippen molar-refractivity contribution in [3.8, 4) is 18.2 Å². The molecule has 6 nitrogen and oxygen atoms in total. The maximum Gasteiger partial charge on any atom is 0 e. The SMILES string of the molecule is CC#N.CC#N.CC#N.[C-]#[O+].[C-]#[O+].[C-]#[O+].[W]. The molecule has 0 rings (SSSR count). The van der Waals surface area contributed by atoms with Crippen molar-refractivity contribution in [1.82, 2.24) is 0 Å². The Morgan fingerprint density at radius 2 is 0.625 bits per heavy atom. The quantitative estimate of drug-likeness (QED) is 0.458. The molecule has 84 valence electrons. The van der Waals surface area contributed by atoms with Crippen molar-refractivity contribution >= 4 is 0 Å². The predicted octanol–water partition coefficient (Wildman–Crippen LogP) is 1.47. The normalized spacial score (nSPS) is 1.88. The summed E-state index contributed by atoms with van der Waals surface area (Å²) >= 11 is 0. The van der Waals surface area contributed by atoms with Gasteiger partial charge in [0.1, 0.15) is 0 Å². The number of nitriles is 3. The first-order valence-electron chi connectivity index (χ1n) is 2.78. The summed E-state index contributed by atoms with van der Waals surface area (Å²) in [5.41, 5.74) is 0. The summed E-state index contributed by atoms with van der Waals surface area (Å²) in [5.74, 6) is 0. The van der Waals surface area contributed by atoms with E-state index in [4.69, 9.17) is 29.7 Å². The van der Waals surface area contributed by atoms with Crippen LogP contribution < -0.4 is 0 Å². The third kappa shape index (κ3) is 609. The van der Waals surface area contributed by atoms with Crippen molar-refractivity contribution in [3.05, 3.63) is 20.0 Å². The molecule has 0 aromatic heterocycles. The van der Waals surface area contributed by atoms with Gasteiger partial charge in [0.2, 0.25) is 0 Å². The fourth-order valence-corrected chi connectivity index (χ4v) is 0. The molecule has 0 aliphatic rings. The molecule has 0 radical (unpaired) electrons. The van der Waals surface area contributed by atoms with Gasteiger partial charge >= 0.3 is 33.9 Å². The minimum atomic E-state index is 0. The largest absolute Gasteiger partial charge is 0 e. The number of rotatable bonds is 0. The standard InChI is InChI=1S/3C2H3N.3CO.W/c3*1-2-3;3*1-2;/h3*1H3;;;;. The molecule has 16 heavy (non-hydrogen) atoms. The van der Waals surface area contributed by atoms with Crippen LogP contribution in [0.5, 0.6) is 0 Å². The van der Waals surface area contributed by atoms with E-state index in [0.29, 0.717) is 0 Å². The molecule has 0 atom stereocenters. The molecule has 0 heterocycles. The van der Waals surface area contributed by atoms with Gasteiger partial charge in [0.15, 0.2) is 0 Å². The van der Waals surface area contributed by atoms with Gasteiger partial charge in [-0.1, -0.05) is 0 Å². The number of hydrogen-bond donors (Lipinski definition) is 0. The molecule has 0 amide bonds. The van der Waals surface area contributed by atoms with Crippen LogP contribution in [-0.4, -0.2) is 0 Å². The molecule has 0 aliphatic carbocycles. The van der Waals surface area contributed by atoms with Gasteiger partial charge in [-0.15, -0.1) is 0 Å². The zero-order valence-corrected chi connectivity index (χ0v) is 11.9. The predicted molar refractivity (Wildman–Crippen MR) is 45.6 cm³/mol. The first-order chi connectivity index (χ1) is 7.24. The first-order valence-corrected chi connectivity index (χ1v) is 2.78. The molecule has 0 N–H and O–H groups in total. The summed E-state index contributed by atoms with van der Waals surface area (Å²) in [4.78, 5) is 0. The van der Waals surface area contributed by atoms with Crippen LogP contribution >= 0.6 is 0 Å². The summed E-state index contributed by atoms with van der Waals surface area (Å²) in [5, 5.41) is 22.0. The molecule has 0 saturated heterocycles. The van der Waals surface area contributed by atoms with Crippen LogP contribution in [0.4, 0.5) is 0 Å². The summed E-state index contributed by atoms with van der Waals surface area (Å²) in [7, 11) is 0. The van der Waals surface area contributed by atoms with E-state index in [9.17, 15) is 0 Å². The molecule has 0 aromatic carbocycles. The molecule has 0 unspecified atom stereocenters. The second-order valence-electron chi connectivity index (χ2n) is 0.671. The summed E-state index contributed by atoms with van der Waals surface area (Å²) in [6.45, 7) is 17.8. The van der Waals surface area contributed by atoms with Gasteiger partial charge in [-0.25, -0.2) is 0 Å². The van der Waals surface area contributed by atoms with E-state index in [0.717, 1.165) is 0 Å². The van der Waals surface area contributed by atoms with Crippen LogP contribution in [0.15, 0.2) is 0 Å². The van der Waals surface area contributed by atoms with Gasteiger partial charge in [0.05, 0.1) is 18.2 Å². The zero-order valence-electron chi connectivity index (χ0n) is 8.97. The topological polar surface area (TPSA) is 131 Å². The van der Waals surface area contributed by atoms with Gasteiger partial charge in [0.25, 0.3) is 0 Å². The van der Waals surface area contributed by atoms with E-state index in [-0.39, 0.29) is 21.1 Å². The summed E-state index contributed by atoms with van der Waals surface area (Å²) in [6, 6.07) is 5.25. The Hall–Kier alpha value is -1.62. The Balaban J connectivity index is -0.0000000122. The summed E-state index contributed by atoms with van der Waals surface area (Å²) in [6.07, 6.45) is 0.